The lowest BCUT2D eigenvalue weighted by Crippen LogP contribution is -2.13. The second kappa shape index (κ2) is 6.46. The van der Waals surface area contributed by atoms with Gasteiger partial charge in [-0.25, -0.2) is 0 Å². The lowest BCUT2D eigenvalue weighted by Gasteiger charge is -2.10. The number of halogens is 2. The van der Waals surface area contributed by atoms with Gasteiger partial charge >= 0.3 is 0 Å². The van der Waals surface area contributed by atoms with E-state index in [0.717, 1.165) is 0 Å². The van der Waals surface area contributed by atoms with Crippen molar-refractivity contribution in [2.45, 2.75) is 22.3 Å². The maximum atomic E-state index is 12.5. The van der Waals surface area contributed by atoms with E-state index in [-0.39, 0.29) is 34.0 Å². The van der Waals surface area contributed by atoms with Gasteiger partial charge in [-0.05, 0) is 24.3 Å². The smallest absolute Gasteiger partial charge is 0.295 e. The van der Waals surface area contributed by atoms with Gasteiger partial charge in [0.15, 0.2) is 0 Å². The van der Waals surface area contributed by atoms with Gasteiger partial charge in [0.1, 0.15) is 5.76 Å². The van der Waals surface area contributed by atoms with Crippen LogP contribution in [-0.4, -0.2) is 14.2 Å². The molecule has 2 rings (SSSR count). The lowest BCUT2D eigenvalue weighted by atomic mass is 10.3. The number of alkyl halides is 2. The van der Waals surface area contributed by atoms with Crippen molar-refractivity contribution >= 4 is 27.5 Å². The number of furan rings is 1. The number of sulfonamides is 1. The van der Waals surface area contributed by atoms with Crippen LogP contribution in [0.1, 0.15) is 5.76 Å². The van der Waals surface area contributed by atoms with Crippen LogP contribution in [0.3, 0.4) is 0 Å². The molecule has 0 radical (unpaired) electrons. The number of nitrogens with two attached hydrogens (primary N) is 1. The first-order valence-electron chi connectivity index (χ1n) is 5.78. The van der Waals surface area contributed by atoms with Crippen LogP contribution in [0.15, 0.2) is 50.8 Å². The number of hydrogen-bond acceptors (Lipinski definition) is 5. The molecule has 2 aromatic rings. The van der Waals surface area contributed by atoms with Gasteiger partial charge in [-0.3, -0.25) is 4.72 Å². The Morgan fingerprint density at radius 1 is 1.24 bits per heavy atom. The molecule has 0 aliphatic carbocycles. The molecule has 1 heterocycles. The van der Waals surface area contributed by atoms with Crippen LogP contribution in [0.2, 0.25) is 0 Å². The molecule has 0 spiro atoms. The Kier molecular flexibility index (Phi) is 4.86. The maximum Gasteiger partial charge on any atom is 0.295 e. The summed E-state index contributed by atoms with van der Waals surface area (Å²) in [5, 5.41) is -0.320. The van der Waals surface area contributed by atoms with Crippen molar-refractivity contribution < 1.29 is 21.6 Å². The first kappa shape index (κ1) is 15.8. The fourth-order valence-electron chi connectivity index (χ4n) is 1.56. The highest BCUT2D eigenvalue weighted by atomic mass is 32.2. The molecule has 1 aromatic carbocycles. The molecule has 0 bridgehead atoms. The zero-order valence-electron chi connectivity index (χ0n) is 10.6. The highest BCUT2D eigenvalue weighted by Gasteiger charge is 2.21. The van der Waals surface area contributed by atoms with E-state index in [1.54, 1.807) is 12.1 Å². The molecular weight excluding hydrogens is 322 g/mol. The normalized spacial score (nSPS) is 11.8. The summed E-state index contributed by atoms with van der Waals surface area (Å²) in [7, 11) is -3.99. The number of para-hydroxylation sites is 1. The zero-order valence-corrected chi connectivity index (χ0v) is 12.3. The molecule has 3 N–H and O–H groups in total. The number of anilines is 1. The van der Waals surface area contributed by atoms with Crippen LogP contribution in [0.5, 0.6) is 0 Å². The molecule has 0 saturated carbocycles. The van der Waals surface area contributed by atoms with Gasteiger partial charge in [0.25, 0.3) is 15.8 Å². The Labute approximate surface area is 124 Å². The van der Waals surface area contributed by atoms with Crippen molar-refractivity contribution in [3.63, 3.8) is 0 Å². The third kappa shape index (κ3) is 3.96. The van der Waals surface area contributed by atoms with E-state index < -0.39 is 15.8 Å². The Morgan fingerprint density at radius 2 is 1.95 bits per heavy atom. The number of rotatable bonds is 6. The van der Waals surface area contributed by atoms with Gasteiger partial charge in [0, 0.05) is 4.90 Å². The van der Waals surface area contributed by atoms with Gasteiger partial charge in [-0.15, -0.1) is 0 Å². The maximum absolute atomic E-state index is 12.5. The minimum atomic E-state index is -3.99. The van der Waals surface area contributed by atoms with Crippen molar-refractivity contribution in [1.29, 1.82) is 0 Å². The molecule has 0 amide bonds. The lowest BCUT2D eigenvalue weighted by molar-refractivity contribution is 0.252. The first-order valence-corrected chi connectivity index (χ1v) is 8.14. The van der Waals surface area contributed by atoms with E-state index in [9.17, 15) is 17.2 Å². The van der Waals surface area contributed by atoms with Crippen molar-refractivity contribution in [3.8, 4) is 0 Å². The van der Waals surface area contributed by atoms with Crippen molar-refractivity contribution in [1.82, 2.24) is 0 Å². The summed E-state index contributed by atoms with van der Waals surface area (Å²) >= 11 is 0.260. The van der Waals surface area contributed by atoms with Crippen LogP contribution in [0, 0.1) is 0 Å². The average Bonchev–Trinajstić information content (AvgIpc) is 2.90. The van der Waals surface area contributed by atoms with Gasteiger partial charge in [-0.1, -0.05) is 23.9 Å². The Bertz CT molecular complexity index is 717. The predicted molar refractivity (Wildman–Crippen MR) is 75.7 cm³/mol. The molecule has 9 heteroatoms. The van der Waals surface area contributed by atoms with Crippen LogP contribution in [0.25, 0.3) is 0 Å². The monoisotopic (exact) mass is 334 g/mol. The predicted octanol–water partition coefficient (Wildman–Crippen LogP) is 2.85. The van der Waals surface area contributed by atoms with Crippen LogP contribution >= 0.6 is 11.8 Å². The third-order valence-electron chi connectivity index (χ3n) is 2.45. The molecule has 21 heavy (non-hydrogen) atoms. The van der Waals surface area contributed by atoms with E-state index in [1.165, 1.54) is 24.3 Å². The van der Waals surface area contributed by atoms with Crippen molar-refractivity contribution in [2.24, 2.45) is 5.73 Å². The standard InChI is InChI=1S/C12H12F2N2O3S2/c13-12(14)20-10-4-2-1-3-9(10)16-21(17,18)11-6-5-8(7-15)19-11/h1-6,12,16H,7,15H2. The topological polar surface area (TPSA) is 85.3 Å². The molecule has 114 valence electrons. The van der Waals surface area contributed by atoms with Crippen molar-refractivity contribution in [2.75, 3.05) is 4.72 Å². The van der Waals surface area contributed by atoms with Gasteiger partial charge in [0.2, 0.25) is 5.09 Å². The summed E-state index contributed by atoms with van der Waals surface area (Å²) in [6, 6.07) is 8.59. The van der Waals surface area contributed by atoms with E-state index in [0.29, 0.717) is 5.76 Å². The minimum absolute atomic E-state index is 0.0628. The average molecular weight is 334 g/mol. The summed E-state index contributed by atoms with van der Waals surface area (Å²) < 4.78 is 56.5. The Hall–Kier alpha value is -1.58. The minimum Gasteiger partial charge on any atom is -0.446 e. The second-order valence-corrected chi connectivity index (χ2v) is 6.55. The highest BCUT2D eigenvalue weighted by molar-refractivity contribution is 7.99. The van der Waals surface area contributed by atoms with E-state index in [2.05, 4.69) is 4.72 Å². The third-order valence-corrected chi connectivity index (χ3v) is 4.48. The number of nitrogens with one attached hydrogen (secondary N) is 1. The molecule has 0 aliphatic heterocycles. The van der Waals surface area contributed by atoms with Crippen LogP contribution in [0.4, 0.5) is 14.5 Å². The molecule has 0 unspecified atom stereocenters. The number of thioether (sulfide) groups is 1. The number of benzene rings is 1. The molecule has 0 fully saturated rings. The Balaban J connectivity index is 2.28. The summed E-state index contributed by atoms with van der Waals surface area (Å²) in [5.41, 5.74) is 5.41. The molecule has 1 aromatic heterocycles. The molecule has 0 atom stereocenters. The summed E-state index contributed by atoms with van der Waals surface area (Å²) in [5.74, 6) is -2.34. The SMILES string of the molecule is NCc1ccc(S(=O)(=O)Nc2ccccc2SC(F)F)o1. The van der Waals surface area contributed by atoms with E-state index in [1.807, 2.05) is 0 Å². The van der Waals surface area contributed by atoms with Crippen LogP contribution < -0.4 is 10.5 Å². The zero-order chi connectivity index (χ0) is 15.5. The first-order chi connectivity index (χ1) is 9.92. The molecular formula is C12H12F2N2O3S2. The van der Waals surface area contributed by atoms with Gasteiger partial charge in [-0.2, -0.15) is 17.2 Å². The largest absolute Gasteiger partial charge is 0.446 e. The van der Waals surface area contributed by atoms with E-state index >= 15 is 0 Å². The summed E-state index contributed by atoms with van der Waals surface area (Å²) in [4.78, 5) is 0.127. The molecule has 5 nitrogen and oxygen atoms in total. The van der Waals surface area contributed by atoms with E-state index in [4.69, 9.17) is 10.2 Å². The van der Waals surface area contributed by atoms with Crippen LogP contribution in [-0.2, 0) is 16.6 Å². The van der Waals surface area contributed by atoms with Gasteiger partial charge < -0.3 is 10.2 Å². The van der Waals surface area contributed by atoms with Gasteiger partial charge in [0.05, 0.1) is 12.2 Å². The molecule has 0 aliphatic rings. The molecule has 0 saturated heterocycles. The fourth-order valence-corrected chi connectivity index (χ4v) is 3.25. The quantitative estimate of drug-likeness (QED) is 0.794. The second-order valence-electron chi connectivity index (χ2n) is 3.91. The summed E-state index contributed by atoms with van der Waals surface area (Å²) in [6.07, 6.45) is 0. The van der Waals surface area contributed by atoms with Crippen molar-refractivity contribution in [3.05, 3.63) is 42.2 Å². The Morgan fingerprint density at radius 3 is 2.57 bits per heavy atom. The highest BCUT2D eigenvalue weighted by Crippen LogP contribution is 2.32. The summed E-state index contributed by atoms with van der Waals surface area (Å²) in [6.45, 7) is 0.0628. The number of hydrogen-bond donors (Lipinski definition) is 2. The fraction of sp³-hybridized carbons (Fsp3) is 0.167.